The Morgan fingerprint density at radius 3 is 2.56 bits per heavy atom. The smallest absolute Gasteiger partial charge is 0.225 e. The van der Waals surface area contributed by atoms with Gasteiger partial charge < -0.3 is 14.9 Å². The topological polar surface area (TPSA) is 64.1 Å². The van der Waals surface area contributed by atoms with Crippen LogP contribution in [0, 0.1) is 0 Å². The van der Waals surface area contributed by atoms with Crippen molar-refractivity contribution in [2.24, 2.45) is 0 Å². The van der Waals surface area contributed by atoms with E-state index in [1.54, 1.807) is 11.1 Å². The van der Waals surface area contributed by atoms with Gasteiger partial charge in [0, 0.05) is 45.8 Å². The average Bonchev–Trinajstić information content (AvgIpc) is 2.62. The molecule has 6 heteroatoms. The van der Waals surface area contributed by atoms with Crippen LogP contribution in [-0.2, 0) is 9.59 Å². The highest BCUT2D eigenvalue weighted by Crippen LogP contribution is 2.33. The van der Waals surface area contributed by atoms with E-state index in [1.165, 1.54) is 6.92 Å². The van der Waals surface area contributed by atoms with Crippen molar-refractivity contribution >= 4 is 17.9 Å². The monoisotopic (exact) mass is 343 g/mol. The molecular formula is C19H25N3O3. The van der Waals surface area contributed by atoms with Crippen molar-refractivity contribution in [3.63, 3.8) is 0 Å². The summed E-state index contributed by atoms with van der Waals surface area (Å²) in [6, 6.07) is 7.66. The molecule has 0 saturated carbocycles. The van der Waals surface area contributed by atoms with Crippen LogP contribution in [0.1, 0.15) is 30.5 Å². The Morgan fingerprint density at radius 2 is 1.88 bits per heavy atom. The molecule has 0 aliphatic carbocycles. The number of amides is 2. The van der Waals surface area contributed by atoms with Crippen LogP contribution in [0.15, 0.2) is 30.5 Å². The average molecular weight is 343 g/mol. The van der Waals surface area contributed by atoms with Gasteiger partial charge in [0.25, 0.3) is 0 Å². The minimum atomic E-state index is -0.248. The van der Waals surface area contributed by atoms with Crippen LogP contribution < -0.4 is 0 Å². The number of β-amino-alcohol motifs (C(OH)–C–C–N with tert-alkyl or cyclic N) is 1. The molecule has 0 spiro atoms. The lowest BCUT2D eigenvalue weighted by Gasteiger charge is -2.37. The Bertz CT molecular complexity index is 666. The highest BCUT2D eigenvalue weighted by molar-refractivity contribution is 5.82. The van der Waals surface area contributed by atoms with Crippen LogP contribution in [-0.4, -0.2) is 71.0 Å². The molecule has 25 heavy (non-hydrogen) atoms. The second kappa shape index (κ2) is 7.80. The maximum atomic E-state index is 12.8. The van der Waals surface area contributed by atoms with Gasteiger partial charge in [0.2, 0.25) is 11.8 Å². The standard InChI is InChI=1S/C19H25N3O3/c1-15(24)22-7-6-16-4-2-3-5-17(16)18(22)14-19(25)21-10-8-20(9-11-21)12-13-23/h2-7,18,23H,8-14H2,1H3. The molecule has 0 aromatic heterocycles. The summed E-state index contributed by atoms with van der Waals surface area (Å²) in [6.45, 7) is 5.23. The number of fused-ring (bicyclic) bond motifs is 1. The van der Waals surface area contributed by atoms with Crippen molar-refractivity contribution in [1.82, 2.24) is 14.7 Å². The zero-order chi connectivity index (χ0) is 17.8. The van der Waals surface area contributed by atoms with E-state index in [2.05, 4.69) is 4.90 Å². The second-order valence-corrected chi connectivity index (χ2v) is 6.54. The number of carbonyl (C=O) groups is 2. The quantitative estimate of drug-likeness (QED) is 0.889. The third kappa shape index (κ3) is 3.91. The van der Waals surface area contributed by atoms with E-state index in [-0.39, 0.29) is 24.5 Å². The third-order valence-electron chi connectivity index (χ3n) is 4.98. The van der Waals surface area contributed by atoms with Gasteiger partial charge in [-0.15, -0.1) is 0 Å². The number of benzene rings is 1. The van der Waals surface area contributed by atoms with Crippen LogP contribution in [0.2, 0.25) is 0 Å². The maximum absolute atomic E-state index is 12.8. The summed E-state index contributed by atoms with van der Waals surface area (Å²) < 4.78 is 0. The van der Waals surface area contributed by atoms with Gasteiger partial charge in [-0.05, 0) is 17.2 Å². The molecule has 6 nitrogen and oxygen atoms in total. The van der Waals surface area contributed by atoms with Gasteiger partial charge in [-0.25, -0.2) is 0 Å². The number of aliphatic hydroxyl groups excluding tert-OH is 1. The largest absolute Gasteiger partial charge is 0.395 e. The molecule has 1 aromatic rings. The van der Waals surface area contributed by atoms with Crippen molar-refractivity contribution in [1.29, 1.82) is 0 Å². The molecule has 0 radical (unpaired) electrons. The van der Waals surface area contributed by atoms with E-state index in [9.17, 15) is 9.59 Å². The van der Waals surface area contributed by atoms with Crippen LogP contribution in [0.3, 0.4) is 0 Å². The molecule has 2 aliphatic heterocycles. The molecule has 1 aromatic carbocycles. The molecule has 1 unspecified atom stereocenters. The predicted molar refractivity (Wildman–Crippen MR) is 95.5 cm³/mol. The van der Waals surface area contributed by atoms with Crippen molar-refractivity contribution in [2.45, 2.75) is 19.4 Å². The molecule has 1 N–H and O–H groups in total. The molecule has 1 fully saturated rings. The summed E-state index contributed by atoms with van der Waals surface area (Å²) in [7, 11) is 0. The molecule has 1 saturated heterocycles. The first-order valence-corrected chi connectivity index (χ1v) is 8.77. The number of aliphatic hydroxyl groups is 1. The number of piperazine rings is 1. The molecule has 2 amide bonds. The van der Waals surface area contributed by atoms with Gasteiger partial charge in [-0.2, -0.15) is 0 Å². The van der Waals surface area contributed by atoms with Crippen molar-refractivity contribution in [2.75, 3.05) is 39.3 Å². The Labute approximate surface area is 148 Å². The summed E-state index contributed by atoms with van der Waals surface area (Å²) in [4.78, 5) is 30.5. The van der Waals surface area contributed by atoms with Gasteiger partial charge in [0.15, 0.2) is 0 Å². The SMILES string of the molecule is CC(=O)N1C=Cc2ccccc2C1CC(=O)N1CCN(CCO)CC1. The van der Waals surface area contributed by atoms with Crippen molar-refractivity contribution in [3.05, 3.63) is 41.6 Å². The minimum Gasteiger partial charge on any atom is -0.395 e. The fourth-order valence-electron chi connectivity index (χ4n) is 3.57. The molecule has 3 rings (SSSR count). The fraction of sp³-hybridized carbons (Fsp3) is 0.474. The molecule has 134 valence electrons. The first-order chi connectivity index (χ1) is 12.1. The zero-order valence-corrected chi connectivity index (χ0v) is 14.6. The summed E-state index contributed by atoms with van der Waals surface area (Å²) in [5.41, 5.74) is 2.08. The normalized spacial score (nSPS) is 20.5. The van der Waals surface area contributed by atoms with E-state index in [4.69, 9.17) is 5.11 Å². The number of hydrogen-bond acceptors (Lipinski definition) is 4. The Kier molecular flexibility index (Phi) is 5.50. The summed E-state index contributed by atoms with van der Waals surface area (Å²) in [6.07, 6.45) is 3.99. The van der Waals surface area contributed by atoms with Crippen molar-refractivity contribution in [3.8, 4) is 0 Å². The van der Waals surface area contributed by atoms with E-state index in [0.717, 1.165) is 24.2 Å². The minimum absolute atomic E-state index is 0.0590. The van der Waals surface area contributed by atoms with E-state index in [1.807, 2.05) is 35.2 Å². The summed E-state index contributed by atoms with van der Waals surface area (Å²) in [5, 5.41) is 9.02. The lowest BCUT2D eigenvalue weighted by Crippen LogP contribution is -2.50. The fourth-order valence-corrected chi connectivity index (χ4v) is 3.57. The zero-order valence-electron chi connectivity index (χ0n) is 14.6. The highest BCUT2D eigenvalue weighted by atomic mass is 16.3. The number of hydrogen-bond donors (Lipinski definition) is 1. The van der Waals surface area contributed by atoms with E-state index >= 15 is 0 Å². The number of carbonyl (C=O) groups excluding carboxylic acids is 2. The van der Waals surface area contributed by atoms with Gasteiger partial charge in [-0.1, -0.05) is 24.3 Å². The third-order valence-corrected chi connectivity index (χ3v) is 4.98. The summed E-state index contributed by atoms with van der Waals surface area (Å²) in [5.74, 6) is 0.0151. The Morgan fingerprint density at radius 1 is 1.16 bits per heavy atom. The Hall–Kier alpha value is -2.18. The Balaban J connectivity index is 1.70. The van der Waals surface area contributed by atoms with Crippen LogP contribution in [0.25, 0.3) is 6.08 Å². The number of nitrogens with zero attached hydrogens (tertiary/aromatic N) is 3. The van der Waals surface area contributed by atoms with Crippen LogP contribution >= 0.6 is 0 Å². The molecule has 2 heterocycles. The lowest BCUT2D eigenvalue weighted by molar-refractivity contribution is -0.136. The van der Waals surface area contributed by atoms with Gasteiger partial charge >= 0.3 is 0 Å². The maximum Gasteiger partial charge on any atom is 0.225 e. The van der Waals surface area contributed by atoms with Gasteiger partial charge in [0.05, 0.1) is 19.1 Å². The summed E-state index contributed by atoms with van der Waals surface area (Å²) >= 11 is 0. The first-order valence-electron chi connectivity index (χ1n) is 8.77. The van der Waals surface area contributed by atoms with E-state index in [0.29, 0.717) is 26.1 Å². The molecule has 1 atom stereocenters. The first kappa shape index (κ1) is 17.6. The predicted octanol–water partition coefficient (Wildman–Crippen LogP) is 1.09. The highest BCUT2D eigenvalue weighted by Gasteiger charge is 2.30. The van der Waals surface area contributed by atoms with Crippen molar-refractivity contribution < 1.29 is 14.7 Å². The molecular weight excluding hydrogens is 318 g/mol. The van der Waals surface area contributed by atoms with Crippen LogP contribution in [0.5, 0.6) is 0 Å². The second-order valence-electron chi connectivity index (χ2n) is 6.54. The lowest BCUT2D eigenvalue weighted by atomic mass is 9.93. The van der Waals surface area contributed by atoms with Crippen LogP contribution in [0.4, 0.5) is 0 Å². The molecule has 2 aliphatic rings. The number of rotatable bonds is 4. The van der Waals surface area contributed by atoms with Gasteiger partial charge in [0.1, 0.15) is 0 Å². The molecule has 0 bridgehead atoms. The van der Waals surface area contributed by atoms with E-state index < -0.39 is 0 Å². The van der Waals surface area contributed by atoms with Gasteiger partial charge in [-0.3, -0.25) is 14.5 Å².